The monoisotopic (exact) mass is 298 g/mol. The van der Waals surface area contributed by atoms with Crippen LogP contribution >= 0.6 is 15.9 Å². The van der Waals surface area contributed by atoms with Gasteiger partial charge in [-0.15, -0.1) is 0 Å². The van der Waals surface area contributed by atoms with Gasteiger partial charge in [0.1, 0.15) is 11.2 Å². The van der Waals surface area contributed by atoms with E-state index in [4.69, 9.17) is 5.11 Å². The highest BCUT2D eigenvalue weighted by Crippen LogP contribution is 2.46. The van der Waals surface area contributed by atoms with Gasteiger partial charge in [-0.2, -0.15) is 0 Å². The van der Waals surface area contributed by atoms with Gasteiger partial charge < -0.3 is 10.4 Å². The molecule has 0 bridgehead atoms. The van der Waals surface area contributed by atoms with Crippen LogP contribution in [0.5, 0.6) is 0 Å². The summed E-state index contributed by atoms with van der Waals surface area (Å²) in [5, 5.41) is 11.5. The molecule has 1 aromatic heterocycles. The van der Waals surface area contributed by atoms with Crippen molar-refractivity contribution < 1.29 is 14.7 Å². The Balaban J connectivity index is 2.17. The number of hydrogen-bond acceptors (Lipinski definition) is 3. The lowest BCUT2D eigenvalue weighted by molar-refractivity contribution is -0.147. The fourth-order valence-electron chi connectivity index (χ4n) is 1.56. The molecule has 0 saturated heterocycles. The molecule has 1 saturated carbocycles. The molecule has 5 nitrogen and oxygen atoms in total. The van der Waals surface area contributed by atoms with E-state index >= 15 is 0 Å². The summed E-state index contributed by atoms with van der Waals surface area (Å²) in [6, 6.07) is 1.81. The van der Waals surface area contributed by atoms with E-state index in [9.17, 15) is 9.59 Å². The second-order valence-corrected chi connectivity index (χ2v) is 5.08. The SMILES string of the molecule is Cc1cc(Br)cnc1NC(=O)C1(C(=O)O)CC1. The second kappa shape index (κ2) is 4.10. The number of anilines is 1. The molecule has 1 aromatic rings. The average molecular weight is 299 g/mol. The van der Waals surface area contributed by atoms with Gasteiger partial charge in [-0.1, -0.05) is 0 Å². The van der Waals surface area contributed by atoms with Crippen molar-refractivity contribution in [1.82, 2.24) is 4.98 Å². The first kappa shape index (κ1) is 12.0. The van der Waals surface area contributed by atoms with E-state index in [-0.39, 0.29) is 0 Å². The van der Waals surface area contributed by atoms with Crippen LogP contribution in [-0.2, 0) is 9.59 Å². The van der Waals surface area contributed by atoms with E-state index in [0.29, 0.717) is 18.7 Å². The largest absolute Gasteiger partial charge is 0.480 e. The number of aliphatic carboxylic acids is 1. The molecule has 0 aliphatic heterocycles. The van der Waals surface area contributed by atoms with Crippen molar-refractivity contribution >= 4 is 33.6 Å². The Morgan fingerprint density at radius 1 is 1.53 bits per heavy atom. The van der Waals surface area contributed by atoms with Crippen LogP contribution in [0.4, 0.5) is 5.82 Å². The Kier molecular flexibility index (Phi) is 2.91. The van der Waals surface area contributed by atoms with E-state index < -0.39 is 17.3 Å². The maximum atomic E-state index is 11.8. The average Bonchev–Trinajstić information content (AvgIpc) is 3.02. The smallest absolute Gasteiger partial charge is 0.319 e. The number of aryl methyl sites for hydroxylation is 1. The van der Waals surface area contributed by atoms with Gasteiger partial charge >= 0.3 is 5.97 Å². The predicted octanol–water partition coefficient (Wildman–Crippen LogP) is 1.96. The van der Waals surface area contributed by atoms with Gasteiger partial charge in [0.05, 0.1) is 0 Å². The number of halogens is 1. The van der Waals surface area contributed by atoms with E-state index in [2.05, 4.69) is 26.2 Å². The zero-order valence-electron chi connectivity index (χ0n) is 9.16. The molecule has 6 heteroatoms. The number of carboxylic acid groups (broad SMARTS) is 1. The molecule has 2 N–H and O–H groups in total. The molecule has 1 fully saturated rings. The first-order chi connectivity index (χ1) is 7.95. The molecule has 1 amide bonds. The van der Waals surface area contributed by atoms with Crippen molar-refractivity contribution in [2.45, 2.75) is 19.8 Å². The molecule has 0 unspecified atom stereocenters. The molecule has 1 heterocycles. The van der Waals surface area contributed by atoms with Crippen molar-refractivity contribution in [2.24, 2.45) is 5.41 Å². The molecular formula is C11H11BrN2O3. The number of pyridine rings is 1. The summed E-state index contributed by atoms with van der Waals surface area (Å²) in [4.78, 5) is 26.8. The topological polar surface area (TPSA) is 79.3 Å². The normalized spacial score (nSPS) is 16.4. The van der Waals surface area contributed by atoms with Crippen LogP contribution in [0.15, 0.2) is 16.7 Å². The first-order valence-electron chi connectivity index (χ1n) is 5.13. The minimum atomic E-state index is -1.23. The number of nitrogens with one attached hydrogen (secondary N) is 1. The molecule has 1 aliphatic rings. The Bertz CT molecular complexity index is 497. The summed E-state index contributed by atoms with van der Waals surface area (Å²) in [7, 11) is 0. The van der Waals surface area contributed by atoms with Crippen LogP contribution in [0.25, 0.3) is 0 Å². The molecule has 90 valence electrons. The second-order valence-electron chi connectivity index (χ2n) is 4.16. The van der Waals surface area contributed by atoms with E-state index in [1.54, 1.807) is 13.1 Å². The van der Waals surface area contributed by atoms with Gasteiger partial charge in [0.2, 0.25) is 5.91 Å². The van der Waals surface area contributed by atoms with Gasteiger partial charge in [0.15, 0.2) is 0 Å². The summed E-state index contributed by atoms with van der Waals surface area (Å²) in [6.07, 6.45) is 2.34. The summed E-state index contributed by atoms with van der Waals surface area (Å²) in [5.74, 6) is -1.14. The highest BCUT2D eigenvalue weighted by Gasteiger charge is 2.57. The third kappa shape index (κ3) is 2.17. The van der Waals surface area contributed by atoms with Crippen LogP contribution in [0.3, 0.4) is 0 Å². The zero-order valence-corrected chi connectivity index (χ0v) is 10.7. The molecule has 17 heavy (non-hydrogen) atoms. The number of aromatic nitrogens is 1. The Labute approximate surface area is 106 Å². The summed E-state index contributed by atoms with van der Waals surface area (Å²) < 4.78 is 0.812. The highest BCUT2D eigenvalue weighted by atomic mass is 79.9. The number of rotatable bonds is 3. The number of hydrogen-bond donors (Lipinski definition) is 2. The van der Waals surface area contributed by atoms with Crippen molar-refractivity contribution in [3.8, 4) is 0 Å². The van der Waals surface area contributed by atoms with E-state index in [1.165, 1.54) is 0 Å². The lowest BCUT2D eigenvalue weighted by atomic mass is 10.1. The van der Waals surface area contributed by atoms with Crippen LogP contribution in [0.1, 0.15) is 18.4 Å². The van der Waals surface area contributed by atoms with Crippen LogP contribution < -0.4 is 5.32 Å². The molecule has 0 radical (unpaired) electrons. The van der Waals surface area contributed by atoms with Gasteiger partial charge in [-0.3, -0.25) is 9.59 Å². The summed E-state index contributed by atoms with van der Waals surface area (Å²) >= 11 is 3.27. The zero-order chi connectivity index (χ0) is 12.6. The summed E-state index contributed by atoms with van der Waals surface area (Å²) in [5.41, 5.74) is -0.449. The third-order valence-corrected chi connectivity index (χ3v) is 3.30. The predicted molar refractivity (Wildman–Crippen MR) is 64.6 cm³/mol. The standard InChI is InChI=1S/C11H11BrN2O3/c1-6-4-7(12)5-13-8(6)14-9(15)11(2-3-11)10(16)17/h4-5H,2-3H2,1H3,(H,16,17)(H,13,14,15). The molecule has 0 aromatic carbocycles. The van der Waals surface area contributed by atoms with Crippen molar-refractivity contribution in [3.63, 3.8) is 0 Å². The Hall–Kier alpha value is -1.43. The van der Waals surface area contributed by atoms with Crippen LogP contribution in [-0.4, -0.2) is 22.0 Å². The highest BCUT2D eigenvalue weighted by molar-refractivity contribution is 9.10. The fraction of sp³-hybridized carbons (Fsp3) is 0.364. The fourth-order valence-corrected chi connectivity index (χ4v) is 2.01. The van der Waals surface area contributed by atoms with Gasteiger partial charge in [0, 0.05) is 10.7 Å². The minimum Gasteiger partial charge on any atom is -0.480 e. The molecule has 2 rings (SSSR count). The Morgan fingerprint density at radius 3 is 2.65 bits per heavy atom. The van der Waals surface area contributed by atoms with Crippen molar-refractivity contribution in [1.29, 1.82) is 0 Å². The summed E-state index contributed by atoms with van der Waals surface area (Å²) in [6.45, 7) is 1.80. The van der Waals surface area contributed by atoms with E-state index in [0.717, 1.165) is 10.0 Å². The molecule has 1 aliphatic carbocycles. The van der Waals surface area contributed by atoms with Gasteiger partial charge in [-0.25, -0.2) is 4.98 Å². The number of carbonyl (C=O) groups excluding carboxylic acids is 1. The quantitative estimate of drug-likeness (QED) is 0.836. The van der Waals surface area contributed by atoms with Crippen LogP contribution in [0.2, 0.25) is 0 Å². The van der Waals surface area contributed by atoms with Crippen LogP contribution in [0, 0.1) is 12.3 Å². The molecule has 0 atom stereocenters. The molecule has 0 spiro atoms. The first-order valence-corrected chi connectivity index (χ1v) is 5.92. The maximum absolute atomic E-state index is 11.8. The van der Waals surface area contributed by atoms with Crippen molar-refractivity contribution in [2.75, 3.05) is 5.32 Å². The number of carbonyl (C=O) groups is 2. The number of amides is 1. The van der Waals surface area contributed by atoms with Crippen molar-refractivity contribution in [3.05, 3.63) is 22.3 Å². The third-order valence-electron chi connectivity index (χ3n) is 2.87. The van der Waals surface area contributed by atoms with Gasteiger partial charge in [-0.05, 0) is 47.3 Å². The maximum Gasteiger partial charge on any atom is 0.319 e. The lowest BCUT2D eigenvalue weighted by Gasteiger charge is -2.11. The number of nitrogens with zero attached hydrogens (tertiary/aromatic N) is 1. The van der Waals surface area contributed by atoms with E-state index in [1.807, 2.05) is 6.07 Å². The minimum absolute atomic E-state index is 0.393. The Morgan fingerprint density at radius 2 is 2.18 bits per heavy atom. The van der Waals surface area contributed by atoms with Gasteiger partial charge in [0.25, 0.3) is 0 Å². The molecular weight excluding hydrogens is 288 g/mol. The lowest BCUT2D eigenvalue weighted by Crippen LogP contribution is -2.31. The number of carboxylic acids is 1.